The number of hydrogen-bond donors (Lipinski definition) is 1. The Labute approximate surface area is 170 Å². The highest BCUT2D eigenvalue weighted by molar-refractivity contribution is 6.31. The minimum Gasteiger partial charge on any atom is -0.472 e. The molecule has 8 heteroatoms. The van der Waals surface area contributed by atoms with E-state index in [0.29, 0.717) is 24.0 Å². The molecule has 0 saturated carbocycles. The molecule has 1 aromatic carbocycles. The molecule has 0 unspecified atom stereocenters. The Morgan fingerprint density at radius 1 is 1.07 bits per heavy atom. The molecule has 2 N–H and O–H groups in total. The van der Waals surface area contributed by atoms with Crippen LogP contribution in [0.1, 0.15) is 22.3 Å². The molecule has 0 fully saturated rings. The van der Waals surface area contributed by atoms with E-state index < -0.39 is 11.7 Å². The van der Waals surface area contributed by atoms with Crippen LogP contribution in [-0.4, -0.2) is 9.97 Å². The second-order valence-electron chi connectivity index (χ2n) is 6.03. The van der Waals surface area contributed by atoms with E-state index in [0.717, 1.165) is 17.2 Å². The highest BCUT2D eigenvalue weighted by Crippen LogP contribution is 2.33. The maximum Gasteiger partial charge on any atom is 0.417 e. The Morgan fingerprint density at radius 2 is 1.79 bits per heavy atom. The van der Waals surface area contributed by atoms with Crippen molar-refractivity contribution in [3.05, 3.63) is 82.1 Å². The summed E-state index contributed by atoms with van der Waals surface area (Å²) >= 11 is 5.83. The molecule has 29 heavy (non-hydrogen) atoms. The van der Waals surface area contributed by atoms with E-state index >= 15 is 0 Å². The van der Waals surface area contributed by atoms with Crippen molar-refractivity contribution in [2.24, 2.45) is 0 Å². The van der Waals surface area contributed by atoms with Crippen molar-refractivity contribution >= 4 is 17.4 Å². The van der Waals surface area contributed by atoms with Gasteiger partial charge in [-0.15, -0.1) is 0 Å². The van der Waals surface area contributed by atoms with Crippen LogP contribution in [0.15, 0.2) is 54.9 Å². The van der Waals surface area contributed by atoms with Crippen LogP contribution in [0.3, 0.4) is 0 Å². The number of nitrogens with two attached hydrogens (primary N) is 1. The first-order valence-electron chi connectivity index (χ1n) is 8.45. The van der Waals surface area contributed by atoms with Gasteiger partial charge in [0.05, 0.1) is 11.1 Å². The van der Waals surface area contributed by atoms with E-state index in [4.69, 9.17) is 22.1 Å². The van der Waals surface area contributed by atoms with Crippen LogP contribution in [-0.2, 0) is 19.2 Å². The van der Waals surface area contributed by atoms with E-state index in [9.17, 15) is 13.2 Å². The number of rotatable bonds is 4. The summed E-state index contributed by atoms with van der Waals surface area (Å²) in [7, 11) is 0. The number of anilines is 1. The van der Waals surface area contributed by atoms with Crippen LogP contribution in [0, 0.1) is 11.8 Å². The Kier molecular flexibility index (Phi) is 6.25. The van der Waals surface area contributed by atoms with Crippen LogP contribution in [0.2, 0.25) is 5.02 Å². The van der Waals surface area contributed by atoms with Gasteiger partial charge in [-0.25, -0.2) is 9.97 Å². The van der Waals surface area contributed by atoms with Crippen molar-refractivity contribution in [3.8, 4) is 17.7 Å². The lowest BCUT2D eigenvalue weighted by molar-refractivity contribution is -0.137. The molecule has 0 aliphatic carbocycles. The lowest BCUT2D eigenvalue weighted by Crippen LogP contribution is -2.06. The highest BCUT2D eigenvalue weighted by Gasteiger charge is 2.31. The monoisotopic (exact) mass is 417 g/mol. The van der Waals surface area contributed by atoms with Gasteiger partial charge in [0.15, 0.2) is 0 Å². The number of alkyl halides is 3. The van der Waals surface area contributed by atoms with Gasteiger partial charge >= 0.3 is 6.18 Å². The number of pyridine rings is 2. The number of benzene rings is 1. The predicted molar refractivity (Wildman–Crippen MR) is 104 cm³/mol. The number of hydrogen-bond acceptors (Lipinski definition) is 4. The molecule has 3 rings (SSSR count). The van der Waals surface area contributed by atoms with Gasteiger partial charge < -0.3 is 10.5 Å². The fourth-order valence-corrected chi connectivity index (χ4v) is 2.58. The van der Waals surface area contributed by atoms with Crippen LogP contribution in [0.4, 0.5) is 19.0 Å². The summed E-state index contributed by atoms with van der Waals surface area (Å²) in [6.07, 6.45) is -1.68. The number of nitrogen functional groups attached to an aromatic ring is 1. The van der Waals surface area contributed by atoms with Crippen LogP contribution in [0.25, 0.3) is 0 Å². The molecule has 4 nitrogen and oxygen atoms in total. The molecule has 148 valence electrons. The topological polar surface area (TPSA) is 61.0 Å². The first-order chi connectivity index (χ1) is 13.8. The van der Waals surface area contributed by atoms with Gasteiger partial charge in [0, 0.05) is 18.8 Å². The SMILES string of the molecule is Nc1ncccc1C#CCc1ccc(COc2ncc(C(F)(F)F)cc2Cl)cc1. The van der Waals surface area contributed by atoms with Gasteiger partial charge in [-0.2, -0.15) is 13.2 Å². The molecule has 2 aromatic heterocycles. The molecule has 0 amide bonds. The Balaban J connectivity index is 1.58. The maximum absolute atomic E-state index is 12.6. The molecule has 0 aliphatic rings. The zero-order chi connectivity index (χ0) is 20.9. The van der Waals surface area contributed by atoms with Gasteiger partial charge in [-0.3, -0.25) is 0 Å². The second kappa shape index (κ2) is 8.84. The summed E-state index contributed by atoms with van der Waals surface area (Å²) in [6.45, 7) is 0.121. The number of nitrogens with zero attached hydrogens (tertiary/aromatic N) is 2. The first-order valence-corrected chi connectivity index (χ1v) is 8.83. The fraction of sp³-hybridized carbons (Fsp3) is 0.143. The maximum atomic E-state index is 12.6. The van der Waals surface area contributed by atoms with Crippen molar-refractivity contribution in [1.82, 2.24) is 9.97 Å². The minimum absolute atomic E-state index is 0.0522. The highest BCUT2D eigenvalue weighted by atomic mass is 35.5. The molecule has 0 saturated heterocycles. The minimum atomic E-state index is -4.50. The zero-order valence-electron chi connectivity index (χ0n) is 15.0. The van der Waals surface area contributed by atoms with Crippen LogP contribution >= 0.6 is 11.6 Å². The van der Waals surface area contributed by atoms with Crippen LogP contribution in [0.5, 0.6) is 5.88 Å². The Hall–Kier alpha value is -3.24. The molecular weight excluding hydrogens is 403 g/mol. The summed E-state index contributed by atoms with van der Waals surface area (Å²) < 4.78 is 43.3. The quantitative estimate of drug-likeness (QED) is 0.613. The second-order valence-corrected chi connectivity index (χ2v) is 6.44. The van der Waals surface area contributed by atoms with E-state index in [1.54, 1.807) is 18.3 Å². The number of halogens is 4. The molecule has 2 heterocycles. The standard InChI is InChI=1S/C21H15ClF3N3O/c22-18-11-17(21(23,24)25)12-28-20(18)29-13-15-8-6-14(7-9-15)3-1-4-16-5-2-10-27-19(16)26/h2,5-12H,3,13H2,(H2,26,27). The molecule has 0 atom stereocenters. The number of ether oxygens (including phenoxy) is 1. The summed E-state index contributed by atoms with van der Waals surface area (Å²) in [6, 6.07) is 11.8. The van der Waals surface area contributed by atoms with E-state index in [2.05, 4.69) is 21.8 Å². The molecule has 3 aromatic rings. The fourth-order valence-electron chi connectivity index (χ4n) is 2.36. The normalized spacial score (nSPS) is 10.9. The smallest absolute Gasteiger partial charge is 0.417 e. The summed E-state index contributed by atoms with van der Waals surface area (Å²) in [4.78, 5) is 7.62. The average molecular weight is 418 g/mol. The van der Waals surface area contributed by atoms with Gasteiger partial charge in [0.1, 0.15) is 17.4 Å². The van der Waals surface area contributed by atoms with E-state index in [1.165, 1.54) is 0 Å². The van der Waals surface area contributed by atoms with Gasteiger partial charge in [-0.1, -0.05) is 47.7 Å². The largest absolute Gasteiger partial charge is 0.472 e. The molecule has 0 bridgehead atoms. The average Bonchev–Trinajstić information content (AvgIpc) is 2.69. The third-order valence-corrected chi connectivity index (χ3v) is 4.16. The molecular formula is C21H15ClF3N3O. The Bertz CT molecular complexity index is 1060. The summed E-state index contributed by atoms with van der Waals surface area (Å²) in [5.74, 6) is 6.36. The number of aromatic nitrogens is 2. The Morgan fingerprint density at radius 3 is 2.45 bits per heavy atom. The van der Waals surface area contributed by atoms with Crippen molar-refractivity contribution in [3.63, 3.8) is 0 Å². The molecule has 0 radical (unpaired) electrons. The van der Waals surface area contributed by atoms with E-state index in [1.807, 2.05) is 24.3 Å². The lowest BCUT2D eigenvalue weighted by Gasteiger charge is -2.10. The van der Waals surface area contributed by atoms with Crippen molar-refractivity contribution in [2.75, 3.05) is 5.73 Å². The third kappa shape index (κ3) is 5.62. The molecule has 0 spiro atoms. The van der Waals surface area contributed by atoms with Gasteiger partial charge in [0.2, 0.25) is 5.88 Å². The van der Waals surface area contributed by atoms with Crippen molar-refractivity contribution in [2.45, 2.75) is 19.2 Å². The van der Waals surface area contributed by atoms with Crippen molar-refractivity contribution < 1.29 is 17.9 Å². The predicted octanol–water partition coefficient (Wildman–Crippen LogP) is 4.90. The first kappa shape index (κ1) is 20.5. The van der Waals surface area contributed by atoms with Crippen molar-refractivity contribution in [1.29, 1.82) is 0 Å². The molecule has 0 aliphatic heterocycles. The summed E-state index contributed by atoms with van der Waals surface area (Å²) in [5, 5.41) is -0.193. The van der Waals surface area contributed by atoms with Crippen LogP contribution < -0.4 is 10.5 Å². The third-order valence-electron chi connectivity index (χ3n) is 3.89. The van der Waals surface area contributed by atoms with Gasteiger partial charge in [-0.05, 0) is 29.3 Å². The zero-order valence-corrected chi connectivity index (χ0v) is 15.8. The van der Waals surface area contributed by atoms with E-state index in [-0.39, 0.29) is 17.5 Å². The summed E-state index contributed by atoms with van der Waals surface area (Å²) in [5.41, 5.74) is 7.31. The van der Waals surface area contributed by atoms with Gasteiger partial charge in [0.25, 0.3) is 0 Å². The lowest BCUT2D eigenvalue weighted by atomic mass is 10.1.